The maximum atomic E-state index is 12.8. The molecule has 30 heavy (non-hydrogen) atoms. The van der Waals surface area contributed by atoms with Gasteiger partial charge >= 0.3 is 6.18 Å². The van der Waals surface area contributed by atoms with E-state index in [-0.39, 0.29) is 6.10 Å². The largest absolute Gasteiger partial charge is 0.486 e. The van der Waals surface area contributed by atoms with Crippen LogP contribution >= 0.6 is 11.9 Å². The molecule has 2 aromatic carbocycles. The van der Waals surface area contributed by atoms with Crippen molar-refractivity contribution in [3.8, 4) is 5.75 Å². The van der Waals surface area contributed by atoms with Gasteiger partial charge in [0.05, 0.1) is 24.7 Å². The van der Waals surface area contributed by atoms with Crippen molar-refractivity contribution < 1.29 is 22.6 Å². The third-order valence-corrected chi connectivity index (χ3v) is 6.12. The van der Waals surface area contributed by atoms with Gasteiger partial charge < -0.3 is 9.47 Å². The number of halogens is 3. The van der Waals surface area contributed by atoms with Gasteiger partial charge in [0.25, 0.3) is 0 Å². The summed E-state index contributed by atoms with van der Waals surface area (Å²) in [7, 11) is 2.06. The van der Waals surface area contributed by atoms with Crippen LogP contribution in [-0.4, -0.2) is 55.0 Å². The van der Waals surface area contributed by atoms with E-state index in [0.29, 0.717) is 5.75 Å². The molecule has 1 fully saturated rings. The maximum absolute atomic E-state index is 12.8. The lowest BCUT2D eigenvalue weighted by atomic mass is 10.1. The van der Waals surface area contributed by atoms with Gasteiger partial charge in [-0.3, -0.25) is 4.90 Å². The van der Waals surface area contributed by atoms with Gasteiger partial charge in [-0.2, -0.15) is 13.2 Å². The van der Waals surface area contributed by atoms with Crippen LogP contribution in [0.15, 0.2) is 54.6 Å². The van der Waals surface area contributed by atoms with E-state index in [1.54, 1.807) is 11.9 Å². The zero-order chi connectivity index (χ0) is 21.4. The van der Waals surface area contributed by atoms with E-state index in [9.17, 15) is 13.2 Å². The van der Waals surface area contributed by atoms with Crippen LogP contribution in [0.5, 0.6) is 5.75 Å². The number of benzene rings is 2. The number of hydrogen-bond acceptors (Lipinski definition) is 5. The Bertz CT molecular complexity index is 753. The Morgan fingerprint density at radius 1 is 1.07 bits per heavy atom. The molecule has 164 valence electrons. The van der Waals surface area contributed by atoms with Crippen molar-refractivity contribution in [2.75, 3.05) is 45.8 Å². The van der Waals surface area contributed by atoms with Gasteiger partial charge in [-0.1, -0.05) is 42.3 Å². The van der Waals surface area contributed by atoms with Crippen molar-refractivity contribution in [3.63, 3.8) is 0 Å². The van der Waals surface area contributed by atoms with Gasteiger partial charge in [0.15, 0.2) is 0 Å². The zero-order valence-electron chi connectivity index (χ0n) is 17.0. The summed E-state index contributed by atoms with van der Waals surface area (Å²) in [6.45, 7) is 4.21. The summed E-state index contributed by atoms with van der Waals surface area (Å²) in [4.78, 5) is 2.23. The first-order valence-electron chi connectivity index (χ1n) is 9.95. The van der Waals surface area contributed by atoms with Crippen LogP contribution in [0, 0.1) is 0 Å². The van der Waals surface area contributed by atoms with E-state index >= 15 is 0 Å². The van der Waals surface area contributed by atoms with E-state index in [2.05, 4.69) is 16.3 Å². The van der Waals surface area contributed by atoms with Crippen molar-refractivity contribution in [2.24, 2.45) is 0 Å². The molecule has 0 amide bonds. The Morgan fingerprint density at radius 2 is 1.73 bits per heavy atom. The van der Waals surface area contributed by atoms with E-state index in [4.69, 9.17) is 9.47 Å². The average Bonchev–Trinajstić information content (AvgIpc) is 2.76. The second-order valence-electron chi connectivity index (χ2n) is 7.21. The normalized spacial score (nSPS) is 16.6. The third kappa shape index (κ3) is 7.19. The molecule has 0 N–H and O–H groups in total. The van der Waals surface area contributed by atoms with Crippen molar-refractivity contribution in [1.82, 2.24) is 9.21 Å². The summed E-state index contributed by atoms with van der Waals surface area (Å²) in [5, 5.41) is 0. The highest BCUT2D eigenvalue weighted by atomic mass is 32.2. The average molecular weight is 441 g/mol. The lowest BCUT2D eigenvalue weighted by molar-refractivity contribution is -0.137. The maximum Gasteiger partial charge on any atom is 0.416 e. The van der Waals surface area contributed by atoms with E-state index in [1.807, 2.05) is 30.3 Å². The fourth-order valence-corrected chi connectivity index (χ4v) is 4.00. The highest BCUT2D eigenvalue weighted by molar-refractivity contribution is 7.96. The highest BCUT2D eigenvalue weighted by Gasteiger charge is 2.30. The number of rotatable bonds is 9. The molecule has 3 rings (SSSR count). The number of alkyl halides is 3. The monoisotopic (exact) mass is 440 g/mol. The van der Waals surface area contributed by atoms with E-state index in [0.717, 1.165) is 62.8 Å². The van der Waals surface area contributed by atoms with Crippen molar-refractivity contribution in [3.05, 3.63) is 65.7 Å². The number of nitrogens with zero attached hydrogens (tertiary/aromatic N) is 2. The second-order valence-corrected chi connectivity index (χ2v) is 8.24. The smallest absolute Gasteiger partial charge is 0.416 e. The highest BCUT2D eigenvalue weighted by Crippen LogP contribution is 2.32. The quantitative estimate of drug-likeness (QED) is 0.400. The van der Waals surface area contributed by atoms with Gasteiger partial charge in [-0.05, 0) is 36.9 Å². The number of hydrogen-bond donors (Lipinski definition) is 0. The zero-order valence-corrected chi connectivity index (χ0v) is 17.8. The second kappa shape index (κ2) is 11.0. The van der Waals surface area contributed by atoms with E-state index < -0.39 is 11.7 Å². The van der Waals surface area contributed by atoms with Crippen LogP contribution in [-0.2, 0) is 10.9 Å². The molecule has 1 aliphatic rings. The van der Waals surface area contributed by atoms with Gasteiger partial charge in [0.1, 0.15) is 11.9 Å². The van der Waals surface area contributed by atoms with Crippen LogP contribution in [0.4, 0.5) is 13.2 Å². The van der Waals surface area contributed by atoms with Crippen LogP contribution in [0.1, 0.15) is 23.7 Å². The summed E-state index contributed by atoms with van der Waals surface area (Å²) < 4.78 is 52.2. The molecule has 1 atom stereocenters. The van der Waals surface area contributed by atoms with Crippen LogP contribution in [0.25, 0.3) is 0 Å². The molecule has 2 aromatic rings. The number of morpholine rings is 1. The van der Waals surface area contributed by atoms with Gasteiger partial charge in [0.2, 0.25) is 0 Å². The van der Waals surface area contributed by atoms with Gasteiger partial charge in [0, 0.05) is 26.1 Å². The molecule has 1 unspecified atom stereocenters. The topological polar surface area (TPSA) is 24.9 Å². The minimum absolute atomic E-state index is 0.237. The van der Waals surface area contributed by atoms with E-state index in [1.165, 1.54) is 12.1 Å². The lowest BCUT2D eigenvalue weighted by Crippen LogP contribution is -2.33. The van der Waals surface area contributed by atoms with Gasteiger partial charge in [-0.15, -0.1) is 0 Å². The minimum Gasteiger partial charge on any atom is -0.486 e. The van der Waals surface area contributed by atoms with Crippen LogP contribution < -0.4 is 4.74 Å². The Morgan fingerprint density at radius 3 is 2.37 bits per heavy atom. The van der Waals surface area contributed by atoms with Crippen LogP contribution in [0.2, 0.25) is 0 Å². The summed E-state index contributed by atoms with van der Waals surface area (Å²) in [5.74, 6) is 1.30. The lowest BCUT2D eigenvalue weighted by Gasteiger charge is -2.28. The first-order valence-corrected chi connectivity index (χ1v) is 10.9. The SMILES string of the molecule is CN(CCC(Oc1ccc(C(F)(F)F)cc1)c1ccccc1)CSN1CCOCC1. The van der Waals surface area contributed by atoms with Crippen molar-refractivity contribution in [1.29, 1.82) is 0 Å². The Labute approximate surface area is 180 Å². The number of ether oxygens (including phenoxy) is 2. The molecule has 0 saturated carbocycles. The predicted molar refractivity (Wildman–Crippen MR) is 113 cm³/mol. The standard InChI is InChI=1S/C22H27F3N2O2S/c1-26(17-30-27-13-15-28-16-14-27)12-11-21(18-5-3-2-4-6-18)29-20-9-7-19(8-10-20)22(23,24)25/h2-10,21H,11-17H2,1H3. The van der Waals surface area contributed by atoms with Crippen LogP contribution in [0.3, 0.4) is 0 Å². The molecule has 1 saturated heterocycles. The van der Waals surface area contributed by atoms with Crippen molar-refractivity contribution in [2.45, 2.75) is 18.7 Å². The van der Waals surface area contributed by atoms with Crippen molar-refractivity contribution >= 4 is 11.9 Å². The molecule has 0 aromatic heterocycles. The third-order valence-electron chi connectivity index (χ3n) is 4.84. The first-order chi connectivity index (χ1) is 14.4. The Hall–Kier alpha value is -1.74. The molecule has 4 nitrogen and oxygen atoms in total. The molecule has 0 aliphatic carbocycles. The Balaban J connectivity index is 1.57. The summed E-state index contributed by atoms with van der Waals surface area (Å²) >= 11 is 1.79. The molecular formula is C22H27F3N2O2S. The Kier molecular flexibility index (Phi) is 8.44. The summed E-state index contributed by atoms with van der Waals surface area (Å²) in [6, 6.07) is 14.7. The van der Waals surface area contributed by atoms with Gasteiger partial charge in [-0.25, -0.2) is 4.31 Å². The molecule has 8 heteroatoms. The summed E-state index contributed by atoms with van der Waals surface area (Å²) in [5.41, 5.74) is 0.331. The minimum atomic E-state index is -4.35. The molecule has 1 heterocycles. The molecule has 0 bridgehead atoms. The fourth-order valence-electron chi connectivity index (χ4n) is 3.11. The molecule has 0 spiro atoms. The molecule has 0 radical (unpaired) electrons. The fraction of sp³-hybridized carbons (Fsp3) is 0.455. The molecule has 1 aliphatic heterocycles. The predicted octanol–water partition coefficient (Wildman–Crippen LogP) is 5.09. The molecular weight excluding hydrogens is 413 g/mol. The summed E-state index contributed by atoms with van der Waals surface area (Å²) in [6.07, 6.45) is -3.86. The first kappa shape index (κ1) is 22.9.